The second-order valence-corrected chi connectivity index (χ2v) is 9.70. The SMILES string of the molecule is CC(=O)Oc1cccc2c1N1[C@@H](C=C2)[C@@H]2C(=O)N(c3ccc(Cl)cc3)C(=O)[C@@H]2[C@@H]1C(=O)c1ccccc1. The summed E-state index contributed by atoms with van der Waals surface area (Å²) in [7, 11) is 0. The van der Waals surface area contributed by atoms with Crippen LogP contribution in [0.15, 0.2) is 78.9 Å². The number of esters is 1. The molecule has 184 valence electrons. The van der Waals surface area contributed by atoms with Crippen LogP contribution < -0.4 is 14.5 Å². The monoisotopic (exact) mass is 512 g/mol. The molecular weight excluding hydrogens is 492 g/mol. The number of hydrogen-bond donors (Lipinski definition) is 0. The number of ether oxygens (including phenoxy) is 1. The third-order valence-corrected chi connectivity index (χ3v) is 7.41. The predicted octanol–water partition coefficient (Wildman–Crippen LogP) is 4.54. The highest BCUT2D eigenvalue weighted by Crippen LogP contribution is 2.52. The number of nitrogens with zero attached hydrogens (tertiary/aromatic N) is 2. The van der Waals surface area contributed by atoms with Crippen molar-refractivity contribution in [2.75, 3.05) is 9.80 Å². The zero-order valence-corrected chi connectivity index (χ0v) is 20.5. The van der Waals surface area contributed by atoms with E-state index in [0.717, 1.165) is 10.5 Å². The fourth-order valence-corrected chi connectivity index (χ4v) is 5.86. The van der Waals surface area contributed by atoms with Crippen molar-refractivity contribution in [3.05, 3.63) is 95.0 Å². The molecule has 0 bridgehead atoms. The van der Waals surface area contributed by atoms with Crippen molar-refractivity contribution in [2.45, 2.75) is 19.0 Å². The zero-order valence-electron chi connectivity index (χ0n) is 19.7. The molecule has 4 atom stereocenters. The molecule has 0 aromatic heterocycles. The van der Waals surface area contributed by atoms with Crippen LogP contribution in [-0.4, -0.2) is 35.7 Å². The molecule has 2 amide bonds. The van der Waals surface area contributed by atoms with Gasteiger partial charge in [0.1, 0.15) is 6.04 Å². The van der Waals surface area contributed by atoms with Crippen LogP contribution in [0.1, 0.15) is 22.8 Å². The molecule has 0 aliphatic carbocycles. The summed E-state index contributed by atoms with van der Waals surface area (Å²) in [5.74, 6) is -3.06. The minimum atomic E-state index is -0.980. The van der Waals surface area contributed by atoms with Gasteiger partial charge in [0.15, 0.2) is 11.5 Å². The molecule has 6 rings (SSSR count). The quantitative estimate of drug-likeness (QED) is 0.221. The van der Waals surface area contributed by atoms with Crippen LogP contribution in [0.4, 0.5) is 11.4 Å². The number of carbonyl (C=O) groups is 4. The van der Waals surface area contributed by atoms with Crippen LogP contribution >= 0.6 is 11.6 Å². The van der Waals surface area contributed by atoms with Crippen molar-refractivity contribution < 1.29 is 23.9 Å². The molecule has 7 nitrogen and oxygen atoms in total. The highest BCUT2D eigenvalue weighted by atomic mass is 35.5. The fourth-order valence-electron chi connectivity index (χ4n) is 5.73. The van der Waals surface area contributed by atoms with Crippen molar-refractivity contribution in [1.29, 1.82) is 0 Å². The lowest BCUT2D eigenvalue weighted by Crippen LogP contribution is -2.49. The summed E-state index contributed by atoms with van der Waals surface area (Å²) in [5.41, 5.74) is 2.09. The number of Topliss-reactive ketones (excluding diaryl/α,β-unsaturated/α-hetero) is 1. The van der Waals surface area contributed by atoms with Gasteiger partial charge in [-0.2, -0.15) is 0 Å². The number of ketones is 1. The molecular formula is C29H21ClN2O5. The Bertz CT molecular complexity index is 1480. The number of imide groups is 1. The maximum atomic E-state index is 14.1. The van der Waals surface area contributed by atoms with E-state index in [2.05, 4.69) is 0 Å². The summed E-state index contributed by atoms with van der Waals surface area (Å²) < 4.78 is 5.51. The topological polar surface area (TPSA) is 84.0 Å². The molecule has 3 aliphatic rings. The van der Waals surface area contributed by atoms with E-state index in [1.807, 2.05) is 18.2 Å². The third kappa shape index (κ3) is 3.57. The Morgan fingerprint density at radius 2 is 1.57 bits per heavy atom. The first-order valence-corrected chi connectivity index (χ1v) is 12.2. The van der Waals surface area contributed by atoms with E-state index >= 15 is 0 Å². The minimum Gasteiger partial charge on any atom is -0.424 e. The van der Waals surface area contributed by atoms with Crippen molar-refractivity contribution in [3.63, 3.8) is 0 Å². The molecule has 0 unspecified atom stereocenters. The van der Waals surface area contributed by atoms with Gasteiger partial charge in [-0.15, -0.1) is 0 Å². The number of para-hydroxylation sites is 1. The average Bonchev–Trinajstić information content (AvgIpc) is 3.37. The lowest BCUT2D eigenvalue weighted by Gasteiger charge is -2.37. The van der Waals surface area contributed by atoms with Gasteiger partial charge >= 0.3 is 5.97 Å². The second-order valence-electron chi connectivity index (χ2n) is 9.26. The van der Waals surface area contributed by atoms with E-state index in [0.29, 0.717) is 22.0 Å². The van der Waals surface area contributed by atoms with Gasteiger partial charge in [0.25, 0.3) is 0 Å². The van der Waals surface area contributed by atoms with Crippen LogP contribution in [0, 0.1) is 11.8 Å². The van der Waals surface area contributed by atoms with E-state index in [1.165, 1.54) is 6.92 Å². The summed E-state index contributed by atoms with van der Waals surface area (Å²) in [6, 6.07) is 18.9. The Labute approximate surface area is 217 Å². The number of halogens is 1. The maximum absolute atomic E-state index is 14.1. The first-order valence-electron chi connectivity index (χ1n) is 11.9. The van der Waals surface area contributed by atoms with Crippen LogP contribution in [0.25, 0.3) is 6.08 Å². The lowest BCUT2D eigenvalue weighted by molar-refractivity contribution is -0.132. The number of hydrogen-bond acceptors (Lipinski definition) is 6. The normalized spacial score (nSPS) is 23.5. The highest BCUT2D eigenvalue weighted by molar-refractivity contribution is 6.31. The molecule has 8 heteroatoms. The van der Waals surface area contributed by atoms with Crippen molar-refractivity contribution >= 4 is 52.6 Å². The maximum Gasteiger partial charge on any atom is 0.308 e. The standard InChI is InChI=1S/C29H21ClN2O5/c1-16(33)37-22-9-5-8-17-10-15-21-23-24(29(36)31(28(23)35)20-13-11-19(30)12-14-20)26(32(21)25(17)22)27(34)18-6-3-2-4-7-18/h2-15,21,23-24,26H,1H3/t21-,23-,24-,26+/m0/s1. The molecule has 3 heterocycles. The fraction of sp³-hybridized carbons (Fsp3) is 0.172. The summed E-state index contributed by atoms with van der Waals surface area (Å²) in [5, 5.41) is 0.483. The molecule has 2 fully saturated rings. The van der Waals surface area contributed by atoms with E-state index in [1.54, 1.807) is 71.6 Å². The average molecular weight is 513 g/mol. The summed E-state index contributed by atoms with van der Waals surface area (Å²) in [4.78, 5) is 56.7. The molecule has 0 N–H and O–H groups in total. The lowest BCUT2D eigenvalue weighted by atomic mass is 9.86. The highest BCUT2D eigenvalue weighted by Gasteiger charge is 2.64. The van der Waals surface area contributed by atoms with Crippen molar-refractivity contribution in [2.24, 2.45) is 11.8 Å². The number of amides is 2. The molecule has 3 aromatic rings. The number of benzene rings is 3. The van der Waals surface area contributed by atoms with Gasteiger partial charge in [-0.1, -0.05) is 66.2 Å². The number of fused-ring (bicyclic) bond motifs is 5. The number of anilines is 2. The summed E-state index contributed by atoms with van der Waals surface area (Å²) in [6.45, 7) is 1.30. The Balaban J connectivity index is 1.52. The third-order valence-electron chi connectivity index (χ3n) is 7.15. The molecule has 37 heavy (non-hydrogen) atoms. The van der Waals surface area contributed by atoms with Gasteiger partial charge in [-0.05, 0) is 30.3 Å². The Hall–Kier alpha value is -4.23. The molecule has 0 saturated carbocycles. The minimum absolute atomic E-state index is 0.277. The number of rotatable bonds is 4. The zero-order chi connectivity index (χ0) is 25.8. The largest absolute Gasteiger partial charge is 0.424 e. The van der Waals surface area contributed by atoms with Gasteiger partial charge in [0.2, 0.25) is 11.8 Å². The second kappa shape index (κ2) is 8.71. The van der Waals surface area contributed by atoms with Crippen molar-refractivity contribution in [1.82, 2.24) is 0 Å². The Kier molecular flexibility index (Phi) is 5.46. The van der Waals surface area contributed by atoms with Crippen LogP contribution in [0.5, 0.6) is 5.75 Å². The molecule has 3 aliphatic heterocycles. The molecule has 0 radical (unpaired) electrons. The van der Waals surface area contributed by atoms with Crippen LogP contribution in [-0.2, 0) is 14.4 Å². The van der Waals surface area contributed by atoms with E-state index in [9.17, 15) is 19.2 Å². The van der Waals surface area contributed by atoms with E-state index in [-0.39, 0.29) is 17.4 Å². The van der Waals surface area contributed by atoms with E-state index < -0.39 is 35.8 Å². The Morgan fingerprint density at radius 3 is 2.27 bits per heavy atom. The molecule has 2 saturated heterocycles. The molecule has 3 aromatic carbocycles. The van der Waals surface area contributed by atoms with Gasteiger partial charge in [-0.25, -0.2) is 4.90 Å². The van der Waals surface area contributed by atoms with Crippen molar-refractivity contribution in [3.8, 4) is 5.75 Å². The number of carbonyl (C=O) groups excluding carboxylic acids is 4. The Morgan fingerprint density at radius 1 is 0.865 bits per heavy atom. The summed E-state index contributed by atoms with van der Waals surface area (Å²) in [6.07, 6.45) is 3.70. The van der Waals surface area contributed by atoms with E-state index in [4.69, 9.17) is 16.3 Å². The predicted molar refractivity (Wildman–Crippen MR) is 139 cm³/mol. The molecule has 0 spiro atoms. The van der Waals surface area contributed by atoms with Gasteiger partial charge in [-0.3, -0.25) is 19.2 Å². The smallest absolute Gasteiger partial charge is 0.308 e. The first-order chi connectivity index (χ1) is 17.9. The summed E-state index contributed by atoms with van der Waals surface area (Å²) >= 11 is 6.02. The van der Waals surface area contributed by atoms with Crippen LogP contribution in [0.3, 0.4) is 0 Å². The van der Waals surface area contributed by atoms with Gasteiger partial charge in [0.05, 0.1) is 29.3 Å². The van der Waals surface area contributed by atoms with Gasteiger partial charge < -0.3 is 9.64 Å². The van der Waals surface area contributed by atoms with Crippen LogP contribution in [0.2, 0.25) is 5.02 Å². The first kappa shape index (κ1) is 23.2. The van der Waals surface area contributed by atoms with Gasteiger partial charge in [0, 0.05) is 23.1 Å².